The second-order valence-corrected chi connectivity index (χ2v) is 3.93. The number of hydrogen-bond donors (Lipinski definition) is 0. The molecule has 1 rings (SSSR count). The fourth-order valence-corrected chi connectivity index (χ4v) is 1.57. The monoisotopic (exact) mass is 190 g/mol. The van der Waals surface area contributed by atoms with Gasteiger partial charge in [-0.2, -0.15) is 0 Å². The summed E-state index contributed by atoms with van der Waals surface area (Å²) in [5.41, 5.74) is 0.424. The molecule has 0 saturated carbocycles. The molecule has 0 bridgehead atoms. The van der Waals surface area contributed by atoms with E-state index in [1.165, 1.54) is 18.4 Å². The van der Waals surface area contributed by atoms with E-state index in [0.717, 1.165) is 6.07 Å². The van der Waals surface area contributed by atoms with E-state index in [4.69, 9.17) is 0 Å². The summed E-state index contributed by atoms with van der Waals surface area (Å²) in [6.07, 6.45) is 1.49. The Morgan fingerprint density at radius 2 is 1.75 bits per heavy atom. The van der Waals surface area contributed by atoms with E-state index in [-0.39, 0.29) is 5.75 Å². The molecule has 0 aromatic heterocycles. The van der Waals surface area contributed by atoms with Crippen molar-refractivity contribution in [2.45, 2.75) is 5.75 Å². The Kier molecular flexibility index (Phi) is 3.05. The van der Waals surface area contributed by atoms with Gasteiger partial charge < -0.3 is 4.55 Å². The topological polar surface area (TPSA) is 23.1 Å². The maximum absolute atomic E-state index is 12.5. The van der Waals surface area contributed by atoms with Crippen molar-refractivity contribution in [3.8, 4) is 0 Å². The van der Waals surface area contributed by atoms with Gasteiger partial charge in [-0.05, 0) is 12.1 Å². The molecule has 0 aliphatic heterocycles. The van der Waals surface area contributed by atoms with Crippen LogP contribution in [0.1, 0.15) is 5.56 Å². The molecule has 0 N–H and O–H groups in total. The second-order valence-electron chi connectivity index (χ2n) is 2.50. The summed E-state index contributed by atoms with van der Waals surface area (Å²) in [5.74, 6) is -1.07. The van der Waals surface area contributed by atoms with Gasteiger partial charge in [0.1, 0.15) is 17.4 Å². The molecule has 12 heavy (non-hydrogen) atoms. The van der Waals surface area contributed by atoms with Crippen molar-refractivity contribution < 1.29 is 13.3 Å². The zero-order chi connectivity index (χ0) is 9.14. The number of benzene rings is 1. The van der Waals surface area contributed by atoms with Crippen molar-refractivity contribution >= 4 is 11.2 Å². The molecule has 0 amide bonds. The molecule has 0 spiro atoms. The Bertz CT molecular complexity index is 256. The van der Waals surface area contributed by atoms with Crippen molar-refractivity contribution in [1.29, 1.82) is 0 Å². The van der Waals surface area contributed by atoms with Crippen LogP contribution in [0.4, 0.5) is 8.78 Å². The van der Waals surface area contributed by atoms with Crippen molar-refractivity contribution in [1.82, 2.24) is 0 Å². The van der Waals surface area contributed by atoms with E-state index < -0.39 is 22.8 Å². The summed E-state index contributed by atoms with van der Waals surface area (Å²) in [7, 11) is 0. The molecule has 0 heterocycles. The van der Waals surface area contributed by atoms with Gasteiger partial charge in [0.15, 0.2) is 0 Å². The van der Waals surface area contributed by atoms with E-state index in [9.17, 15) is 13.3 Å². The average Bonchev–Trinajstić information content (AvgIpc) is 1.81. The van der Waals surface area contributed by atoms with Gasteiger partial charge in [0.2, 0.25) is 0 Å². The normalized spacial score (nSPS) is 13.0. The molecule has 66 valence electrons. The van der Waals surface area contributed by atoms with Crippen LogP contribution in [0.15, 0.2) is 18.2 Å². The molecule has 0 aliphatic rings. The van der Waals surface area contributed by atoms with Gasteiger partial charge in [0.25, 0.3) is 0 Å². The average molecular weight is 190 g/mol. The molecule has 1 atom stereocenters. The first-order chi connectivity index (χ1) is 5.58. The number of hydrogen-bond acceptors (Lipinski definition) is 1. The first kappa shape index (κ1) is 9.48. The third-order valence-corrected chi connectivity index (χ3v) is 2.03. The predicted octanol–water partition coefficient (Wildman–Crippen LogP) is 1.84. The van der Waals surface area contributed by atoms with E-state index in [1.54, 1.807) is 0 Å². The molecule has 0 unspecified atom stereocenters. The quantitative estimate of drug-likeness (QED) is 0.652. The Balaban J connectivity index is 2.85. The van der Waals surface area contributed by atoms with Crippen LogP contribution in [-0.4, -0.2) is 10.8 Å². The molecule has 1 nitrogen and oxygen atoms in total. The minimum atomic E-state index is -1.07. The van der Waals surface area contributed by atoms with Crippen LogP contribution in [0.25, 0.3) is 0 Å². The molecule has 0 saturated heterocycles. The molecular weight excluding hydrogens is 182 g/mol. The van der Waals surface area contributed by atoms with Crippen molar-refractivity contribution in [3.63, 3.8) is 0 Å². The van der Waals surface area contributed by atoms with Crippen molar-refractivity contribution in [3.05, 3.63) is 35.4 Å². The van der Waals surface area contributed by atoms with Crippen molar-refractivity contribution in [2.24, 2.45) is 0 Å². The summed E-state index contributed by atoms with van der Waals surface area (Å²) in [4.78, 5) is 0. The summed E-state index contributed by atoms with van der Waals surface area (Å²) >= 11 is -1.07. The van der Waals surface area contributed by atoms with Gasteiger partial charge in [-0.3, -0.25) is 0 Å². The van der Waals surface area contributed by atoms with Crippen LogP contribution in [-0.2, 0) is 16.9 Å². The summed E-state index contributed by atoms with van der Waals surface area (Å²) < 4.78 is 35.8. The molecule has 0 aliphatic carbocycles. The maximum atomic E-state index is 12.5. The molecule has 0 fully saturated rings. The maximum Gasteiger partial charge on any atom is 0.130 e. The summed E-state index contributed by atoms with van der Waals surface area (Å²) in [6.45, 7) is 0. The lowest BCUT2D eigenvalue weighted by atomic mass is 10.2. The SMILES string of the molecule is C[S@@+]([O-])Cc1cc(F)cc(F)c1. The molecular formula is C8H8F2OS. The zero-order valence-electron chi connectivity index (χ0n) is 6.51. The third kappa shape index (κ3) is 2.79. The van der Waals surface area contributed by atoms with Crippen LogP contribution in [0.3, 0.4) is 0 Å². The molecule has 0 radical (unpaired) electrons. The lowest BCUT2D eigenvalue weighted by Gasteiger charge is -2.04. The Labute approximate surface area is 72.6 Å². The first-order valence-corrected chi connectivity index (χ1v) is 5.05. The molecule has 1 aromatic carbocycles. The van der Waals surface area contributed by atoms with Gasteiger partial charge in [0.05, 0.1) is 6.26 Å². The Morgan fingerprint density at radius 1 is 1.25 bits per heavy atom. The highest BCUT2D eigenvalue weighted by atomic mass is 32.2. The van der Waals surface area contributed by atoms with Gasteiger partial charge in [-0.25, -0.2) is 8.78 Å². The highest BCUT2D eigenvalue weighted by Crippen LogP contribution is 2.10. The van der Waals surface area contributed by atoms with E-state index >= 15 is 0 Å². The van der Waals surface area contributed by atoms with Gasteiger partial charge in [0, 0.05) is 11.6 Å². The van der Waals surface area contributed by atoms with Crippen LogP contribution in [0, 0.1) is 11.6 Å². The van der Waals surface area contributed by atoms with Crippen LogP contribution < -0.4 is 0 Å². The van der Waals surface area contributed by atoms with Crippen LogP contribution >= 0.6 is 0 Å². The highest BCUT2D eigenvalue weighted by Gasteiger charge is 2.04. The van der Waals surface area contributed by atoms with E-state index in [1.807, 2.05) is 0 Å². The minimum absolute atomic E-state index is 0.189. The van der Waals surface area contributed by atoms with Gasteiger partial charge in [-0.15, -0.1) is 0 Å². The lowest BCUT2D eigenvalue weighted by Crippen LogP contribution is -2.01. The number of rotatable bonds is 2. The van der Waals surface area contributed by atoms with Gasteiger partial charge in [-0.1, -0.05) is 11.2 Å². The smallest absolute Gasteiger partial charge is 0.130 e. The number of halogens is 2. The lowest BCUT2D eigenvalue weighted by molar-refractivity contribution is 0.579. The minimum Gasteiger partial charge on any atom is -0.616 e. The third-order valence-electron chi connectivity index (χ3n) is 1.29. The largest absolute Gasteiger partial charge is 0.616 e. The van der Waals surface area contributed by atoms with Crippen molar-refractivity contribution in [2.75, 3.05) is 6.26 Å². The first-order valence-electron chi connectivity index (χ1n) is 3.33. The standard InChI is InChI=1S/C8H8F2OS/c1-12(11)5-6-2-7(9)4-8(10)3-6/h2-4H,5H2,1H3/t12-/m1/s1. The fourth-order valence-electron chi connectivity index (χ4n) is 0.929. The van der Waals surface area contributed by atoms with Crippen LogP contribution in [0.2, 0.25) is 0 Å². The Hall–Kier alpha value is -0.610. The fraction of sp³-hybridized carbons (Fsp3) is 0.250. The Morgan fingerprint density at radius 3 is 2.17 bits per heavy atom. The molecule has 4 heteroatoms. The molecule has 1 aromatic rings. The second kappa shape index (κ2) is 3.87. The van der Waals surface area contributed by atoms with E-state index in [0.29, 0.717) is 5.56 Å². The zero-order valence-corrected chi connectivity index (χ0v) is 7.33. The van der Waals surface area contributed by atoms with E-state index in [2.05, 4.69) is 0 Å². The van der Waals surface area contributed by atoms with Crippen LogP contribution in [0.5, 0.6) is 0 Å². The van der Waals surface area contributed by atoms with Gasteiger partial charge >= 0.3 is 0 Å². The predicted molar refractivity (Wildman–Crippen MR) is 44.1 cm³/mol. The highest BCUT2D eigenvalue weighted by molar-refractivity contribution is 7.89. The summed E-state index contributed by atoms with van der Waals surface area (Å²) in [6, 6.07) is 3.16. The summed E-state index contributed by atoms with van der Waals surface area (Å²) in [5, 5.41) is 0.